The Kier molecular flexibility index (Phi) is 2.80. The summed E-state index contributed by atoms with van der Waals surface area (Å²) in [6.07, 6.45) is 3.05. The second-order valence-corrected chi connectivity index (χ2v) is 2.75. The Balaban J connectivity index is 2.99. The van der Waals surface area contributed by atoms with E-state index in [2.05, 4.69) is 4.98 Å². The van der Waals surface area contributed by atoms with Gasteiger partial charge >= 0.3 is 0 Å². The molecule has 12 heavy (non-hydrogen) atoms. The average molecular weight is 164 g/mol. The number of carbonyl (C=O) groups is 1. The van der Waals surface area contributed by atoms with E-state index in [9.17, 15) is 4.79 Å². The number of aromatic nitrogens is 1. The molecule has 0 bridgehead atoms. The number of hydrogen-bond donors (Lipinski definition) is 0. The largest absolute Gasteiger partial charge is 0.363 e. The van der Waals surface area contributed by atoms with Crippen molar-refractivity contribution in [1.29, 1.82) is 0 Å². The molecule has 64 valence electrons. The van der Waals surface area contributed by atoms with Gasteiger partial charge in [-0.05, 0) is 6.07 Å². The molecule has 1 rings (SSSR count). The number of anilines is 1. The Morgan fingerprint density at radius 2 is 2.33 bits per heavy atom. The number of pyridine rings is 1. The first-order valence-corrected chi connectivity index (χ1v) is 3.80. The second-order valence-electron chi connectivity index (χ2n) is 2.75. The summed E-state index contributed by atoms with van der Waals surface area (Å²) >= 11 is 0. The average Bonchev–Trinajstić information content (AvgIpc) is 2.05. The minimum atomic E-state index is 0.432. The van der Waals surface area contributed by atoms with Gasteiger partial charge in [0, 0.05) is 32.3 Å². The zero-order chi connectivity index (χ0) is 8.97. The third-order valence-electron chi connectivity index (χ3n) is 1.59. The molecule has 0 spiro atoms. The Hall–Kier alpha value is -1.38. The molecule has 3 nitrogen and oxygen atoms in total. The molecule has 3 heteroatoms. The van der Waals surface area contributed by atoms with Crippen LogP contribution in [0.2, 0.25) is 0 Å². The number of nitrogens with zero attached hydrogens (tertiary/aromatic N) is 2. The highest BCUT2D eigenvalue weighted by Crippen LogP contribution is 2.13. The van der Waals surface area contributed by atoms with E-state index in [1.54, 1.807) is 6.20 Å². The van der Waals surface area contributed by atoms with Crippen LogP contribution in [0, 0.1) is 0 Å². The van der Waals surface area contributed by atoms with Gasteiger partial charge in [0.15, 0.2) is 0 Å². The van der Waals surface area contributed by atoms with Crippen LogP contribution in [0.3, 0.4) is 0 Å². The van der Waals surface area contributed by atoms with Gasteiger partial charge < -0.3 is 9.69 Å². The van der Waals surface area contributed by atoms with Gasteiger partial charge in [-0.15, -0.1) is 0 Å². The van der Waals surface area contributed by atoms with Crippen LogP contribution in [0.5, 0.6) is 0 Å². The molecule has 0 N–H and O–H groups in total. The third-order valence-corrected chi connectivity index (χ3v) is 1.59. The fourth-order valence-corrected chi connectivity index (χ4v) is 1.08. The van der Waals surface area contributed by atoms with Crippen LogP contribution in [0.15, 0.2) is 18.3 Å². The lowest BCUT2D eigenvalue weighted by molar-refractivity contribution is -0.107. The summed E-state index contributed by atoms with van der Waals surface area (Å²) < 4.78 is 0. The molecule has 0 atom stereocenters. The van der Waals surface area contributed by atoms with Crippen molar-refractivity contribution in [3.05, 3.63) is 23.9 Å². The van der Waals surface area contributed by atoms with Gasteiger partial charge in [0.05, 0.1) is 0 Å². The fraction of sp³-hybridized carbons (Fsp3) is 0.333. The predicted octanol–water partition coefficient (Wildman–Crippen LogP) is 0.889. The molecule has 0 unspecified atom stereocenters. The van der Waals surface area contributed by atoms with E-state index < -0.39 is 0 Å². The molecule has 1 aromatic rings. The van der Waals surface area contributed by atoms with Crippen molar-refractivity contribution >= 4 is 12.1 Å². The minimum absolute atomic E-state index is 0.432. The van der Waals surface area contributed by atoms with Crippen LogP contribution in [0.25, 0.3) is 0 Å². The van der Waals surface area contributed by atoms with E-state index in [-0.39, 0.29) is 0 Å². The van der Waals surface area contributed by atoms with Crippen LogP contribution in [-0.4, -0.2) is 25.4 Å². The molecule has 0 fully saturated rings. The normalized spacial score (nSPS) is 9.50. The topological polar surface area (TPSA) is 33.2 Å². The maximum atomic E-state index is 10.3. The van der Waals surface area contributed by atoms with Gasteiger partial charge in [0.1, 0.15) is 12.1 Å². The van der Waals surface area contributed by atoms with Crippen molar-refractivity contribution in [3.63, 3.8) is 0 Å². The number of aldehydes is 1. The summed E-state index contributed by atoms with van der Waals surface area (Å²) in [6, 6.07) is 3.75. The first-order chi connectivity index (χ1) is 5.75. The first-order valence-electron chi connectivity index (χ1n) is 3.80. The summed E-state index contributed by atoms with van der Waals surface area (Å²) in [5.41, 5.74) is 0.970. The van der Waals surface area contributed by atoms with Crippen LogP contribution >= 0.6 is 0 Å². The van der Waals surface area contributed by atoms with Crippen LogP contribution in [0.4, 0.5) is 5.82 Å². The SMILES string of the molecule is CN(C)c1ncccc1CC=O. The fourth-order valence-electron chi connectivity index (χ4n) is 1.08. The molecule has 1 heterocycles. The quantitative estimate of drug-likeness (QED) is 0.622. The highest BCUT2D eigenvalue weighted by atomic mass is 16.1. The zero-order valence-electron chi connectivity index (χ0n) is 7.32. The van der Waals surface area contributed by atoms with E-state index in [1.165, 1.54) is 0 Å². The lowest BCUT2D eigenvalue weighted by Crippen LogP contribution is -2.13. The van der Waals surface area contributed by atoms with Crippen LogP contribution < -0.4 is 4.90 Å². The molecular formula is C9H12N2O. The lowest BCUT2D eigenvalue weighted by Gasteiger charge is -2.13. The van der Waals surface area contributed by atoms with Crippen LogP contribution in [-0.2, 0) is 11.2 Å². The molecule has 0 amide bonds. The molecule has 0 aromatic carbocycles. The van der Waals surface area contributed by atoms with Gasteiger partial charge in [0.2, 0.25) is 0 Å². The number of hydrogen-bond acceptors (Lipinski definition) is 3. The van der Waals surface area contributed by atoms with Gasteiger partial charge in [-0.25, -0.2) is 4.98 Å². The predicted molar refractivity (Wildman–Crippen MR) is 48.3 cm³/mol. The molecular weight excluding hydrogens is 152 g/mol. The molecule has 0 saturated heterocycles. The maximum Gasteiger partial charge on any atom is 0.131 e. The van der Waals surface area contributed by atoms with Gasteiger partial charge in [-0.2, -0.15) is 0 Å². The Morgan fingerprint density at radius 3 is 2.92 bits per heavy atom. The molecule has 0 radical (unpaired) electrons. The number of rotatable bonds is 3. The molecule has 0 aliphatic heterocycles. The second kappa shape index (κ2) is 3.85. The van der Waals surface area contributed by atoms with Crippen molar-refractivity contribution in [2.45, 2.75) is 6.42 Å². The van der Waals surface area contributed by atoms with Gasteiger partial charge in [-0.1, -0.05) is 6.07 Å². The number of carbonyl (C=O) groups excluding carboxylic acids is 1. The van der Waals surface area contributed by atoms with Crippen molar-refractivity contribution in [2.24, 2.45) is 0 Å². The molecule has 0 saturated carbocycles. The van der Waals surface area contributed by atoms with Crippen molar-refractivity contribution < 1.29 is 4.79 Å². The summed E-state index contributed by atoms with van der Waals surface area (Å²) in [6.45, 7) is 0. The van der Waals surface area contributed by atoms with E-state index >= 15 is 0 Å². The lowest BCUT2D eigenvalue weighted by atomic mass is 10.2. The summed E-state index contributed by atoms with van der Waals surface area (Å²) in [5, 5.41) is 0. The maximum absolute atomic E-state index is 10.3. The first kappa shape index (κ1) is 8.71. The third kappa shape index (κ3) is 1.81. The molecule has 0 aliphatic rings. The van der Waals surface area contributed by atoms with Gasteiger partial charge in [0.25, 0.3) is 0 Å². The van der Waals surface area contributed by atoms with E-state index in [1.807, 2.05) is 31.1 Å². The highest BCUT2D eigenvalue weighted by molar-refractivity contribution is 5.60. The van der Waals surface area contributed by atoms with Crippen molar-refractivity contribution in [3.8, 4) is 0 Å². The summed E-state index contributed by atoms with van der Waals surface area (Å²) in [5.74, 6) is 0.865. The Morgan fingerprint density at radius 1 is 1.58 bits per heavy atom. The Bertz CT molecular complexity index is 271. The van der Waals surface area contributed by atoms with Crippen LogP contribution in [0.1, 0.15) is 5.56 Å². The summed E-state index contributed by atoms with van der Waals surface area (Å²) in [4.78, 5) is 16.4. The monoisotopic (exact) mass is 164 g/mol. The van der Waals surface area contributed by atoms with E-state index in [0.29, 0.717) is 6.42 Å². The molecule has 0 aliphatic carbocycles. The standard InChI is InChI=1S/C9H12N2O/c1-11(2)9-8(5-7-12)4-3-6-10-9/h3-4,6-7H,5H2,1-2H3. The smallest absolute Gasteiger partial charge is 0.131 e. The highest BCUT2D eigenvalue weighted by Gasteiger charge is 2.02. The van der Waals surface area contributed by atoms with E-state index in [4.69, 9.17) is 0 Å². The zero-order valence-corrected chi connectivity index (χ0v) is 7.32. The van der Waals surface area contributed by atoms with E-state index in [0.717, 1.165) is 17.7 Å². The summed E-state index contributed by atoms with van der Waals surface area (Å²) in [7, 11) is 3.83. The van der Waals surface area contributed by atoms with Gasteiger partial charge in [-0.3, -0.25) is 0 Å². The minimum Gasteiger partial charge on any atom is -0.363 e. The molecule has 1 aromatic heterocycles. The van der Waals surface area contributed by atoms with Crippen molar-refractivity contribution in [1.82, 2.24) is 4.98 Å². The Labute approximate surface area is 72.0 Å². The van der Waals surface area contributed by atoms with Crippen molar-refractivity contribution in [2.75, 3.05) is 19.0 Å².